The molecule has 1 N–H and O–H groups in total. The molecule has 1 unspecified atom stereocenters. The molecule has 2 aromatic rings. The number of nitrogens with one attached hydrogen (secondary N) is 1. The van der Waals surface area contributed by atoms with Crippen molar-refractivity contribution in [2.24, 2.45) is 10.1 Å². The lowest BCUT2D eigenvalue weighted by atomic mass is 10.1. The Morgan fingerprint density at radius 3 is 2.97 bits per heavy atom. The molecule has 30 heavy (non-hydrogen) atoms. The van der Waals surface area contributed by atoms with E-state index in [1.807, 2.05) is 12.1 Å². The minimum Gasteiger partial charge on any atom is -0.401 e. The average molecular weight is 488 g/mol. The molecule has 0 saturated carbocycles. The van der Waals surface area contributed by atoms with E-state index >= 15 is 0 Å². The summed E-state index contributed by atoms with van der Waals surface area (Å²) in [5.74, 6) is 0.235. The molecule has 1 atom stereocenters. The molecule has 9 nitrogen and oxygen atoms in total. The van der Waals surface area contributed by atoms with Gasteiger partial charge in [-0.2, -0.15) is 0 Å². The van der Waals surface area contributed by atoms with Crippen LogP contribution in [0, 0.1) is 10.1 Å². The number of amidine groups is 1. The molecule has 1 amide bonds. The number of furan rings is 1. The van der Waals surface area contributed by atoms with Crippen molar-refractivity contribution < 1.29 is 14.1 Å². The maximum Gasteiger partial charge on any atom is 0.433 e. The number of fused-ring (bicyclic) bond motifs is 2. The fourth-order valence-electron chi connectivity index (χ4n) is 2.92. The van der Waals surface area contributed by atoms with E-state index in [0.29, 0.717) is 33.0 Å². The summed E-state index contributed by atoms with van der Waals surface area (Å²) in [6, 6.07) is 8.23. The van der Waals surface area contributed by atoms with Crippen molar-refractivity contribution in [3.63, 3.8) is 0 Å². The molecule has 0 saturated heterocycles. The molecule has 4 rings (SSSR count). The van der Waals surface area contributed by atoms with Crippen molar-refractivity contribution in [2.75, 3.05) is 5.75 Å². The van der Waals surface area contributed by atoms with E-state index in [4.69, 9.17) is 4.42 Å². The fraction of sp³-hybridized carbons (Fsp3) is 0.105. The zero-order valence-electron chi connectivity index (χ0n) is 15.3. The van der Waals surface area contributed by atoms with Gasteiger partial charge < -0.3 is 4.42 Å². The summed E-state index contributed by atoms with van der Waals surface area (Å²) in [7, 11) is 0. The van der Waals surface area contributed by atoms with Crippen LogP contribution in [-0.4, -0.2) is 32.9 Å². The van der Waals surface area contributed by atoms with Crippen LogP contribution < -0.4 is 15.9 Å². The van der Waals surface area contributed by atoms with Gasteiger partial charge in [-0.3, -0.25) is 25.2 Å². The summed E-state index contributed by atoms with van der Waals surface area (Å²) in [5, 5.41) is 21.4. The third-order valence-electron chi connectivity index (χ3n) is 4.16. The van der Waals surface area contributed by atoms with Gasteiger partial charge in [0.15, 0.2) is 11.3 Å². The van der Waals surface area contributed by atoms with Gasteiger partial charge in [0, 0.05) is 15.4 Å². The quantitative estimate of drug-likeness (QED) is 0.393. The summed E-state index contributed by atoms with van der Waals surface area (Å²) < 4.78 is 5.97. The molecule has 0 radical (unpaired) electrons. The van der Waals surface area contributed by atoms with E-state index in [1.165, 1.54) is 28.9 Å². The van der Waals surface area contributed by atoms with E-state index in [-0.39, 0.29) is 11.8 Å². The Kier molecular flexibility index (Phi) is 5.55. The Balaban J connectivity index is 1.78. The third-order valence-corrected chi connectivity index (χ3v) is 5.51. The van der Waals surface area contributed by atoms with Crippen LogP contribution in [-0.2, 0) is 4.79 Å². The van der Waals surface area contributed by atoms with Gasteiger partial charge in [0.1, 0.15) is 16.4 Å². The average Bonchev–Trinajstić information content (AvgIpc) is 3.20. The number of hydrogen-bond acceptors (Lipinski definition) is 8. The van der Waals surface area contributed by atoms with Crippen LogP contribution in [0.2, 0.25) is 0 Å². The predicted octanol–water partition coefficient (Wildman–Crippen LogP) is 2.35. The summed E-state index contributed by atoms with van der Waals surface area (Å²) in [5.41, 5.74) is 0.365. The number of halogens is 1. The lowest BCUT2D eigenvalue weighted by molar-refractivity contribution is -0.402. The number of amides is 1. The highest BCUT2D eigenvalue weighted by atomic mass is 79.9. The largest absolute Gasteiger partial charge is 0.433 e. The third kappa shape index (κ3) is 3.94. The standard InChI is InChI=1S/C19H14BrN5O4S/c1-2-9-30-19-22-18(26)17-13-10-11(20)3-6-14(13)21-15(24(17)23-19)7-4-12-5-8-16(29-12)25(27)28/h2-8,10,15H,1,9H2,(H,22,23,26)/b7-4+. The van der Waals surface area contributed by atoms with Crippen LogP contribution in [0.5, 0.6) is 0 Å². The van der Waals surface area contributed by atoms with Crippen LogP contribution in [0.3, 0.4) is 0 Å². The molecule has 0 fully saturated rings. The van der Waals surface area contributed by atoms with Crippen molar-refractivity contribution in [2.45, 2.75) is 6.17 Å². The number of nitro groups is 1. The Morgan fingerprint density at radius 2 is 2.23 bits per heavy atom. The lowest BCUT2D eigenvalue weighted by Gasteiger charge is -2.32. The normalized spacial score (nSPS) is 17.7. The molecule has 0 spiro atoms. The van der Waals surface area contributed by atoms with Gasteiger partial charge >= 0.3 is 5.88 Å². The summed E-state index contributed by atoms with van der Waals surface area (Å²) in [4.78, 5) is 27.8. The second kappa shape index (κ2) is 8.28. The molecule has 1 aromatic carbocycles. The van der Waals surface area contributed by atoms with Gasteiger partial charge in [0.2, 0.25) is 0 Å². The Bertz CT molecular complexity index is 1240. The number of rotatable bonds is 5. The highest BCUT2D eigenvalue weighted by Gasteiger charge is 2.32. The first-order valence-corrected chi connectivity index (χ1v) is 10.5. The topological polar surface area (TPSA) is 113 Å². The Hall–Kier alpha value is -3.18. The first-order chi connectivity index (χ1) is 14.5. The molecule has 152 valence electrons. The predicted molar refractivity (Wildman–Crippen MR) is 117 cm³/mol. The van der Waals surface area contributed by atoms with Gasteiger partial charge in [0.25, 0.3) is 5.91 Å². The van der Waals surface area contributed by atoms with E-state index in [1.54, 1.807) is 24.3 Å². The summed E-state index contributed by atoms with van der Waals surface area (Å²) in [6.07, 6.45) is 4.32. The van der Waals surface area contributed by atoms with Crippen LogP contribution in [0.25, 0.3) is 11.8 Å². The molecule has 0 aliphatic carbocycles. The molecule has 11 heteroatoms. The maximum atomic E-state index is 12.9. The number of carbonyl (C=O) groups excluding carboxylic acids is 1. The highest BCUT2D eigenvalue weighted by Crippen LogP contribution is 2.23. The van der Waals surface area contributed by atoms with E-state index in [9.17, 15) is 14.9 Å². The zero-order valence-corrected chi connectivity index (χ0v) is 17.7. The molecular formula is C19H14BrN5O4S. The molecule has 3 heterocycles. The first kappa shape index (κ1) is 20.1. The Morgan fingerprint density at radius 1 is 1.40 bits per heavy atom. The maximum absolute atomic E-state index is 12.9. The SMILES string of the molecule is C=CCSC1=NN2C(=c3cc(Br)ccc3=NC2/C=C/c2ccc([N+](=O)[O-])o2)C(=O)N1. The van der Waals surface area contributed by atoms with Crippen LogP contribution >= 0.6 is 27.7 Å². The minimum atomic E-state index is -0.636. The molecule has 2 aliphatic heterocycles. The van der Waals surface area contributed by atoms with Gasteiger partial charge in [-0.05, 0) is 36.4 Å². The smallest absolute Gasteiger partial charge is 0.401 e. The molecule has 1 aromatic heterocycles. The first-order valence-electron chi connectivity index (χ1n) is 8.69. The number of nitrogens with zero attached hydrogens (tertiary/aromatic N) is 4. The van der Waals surface area contributed by atoms with E-state index < -0.39 is 11.1 Å². The zero-order chi connectivity index (χ0) is 21.3. The number of hydrazone groups is 1. The van der Waals surface area contributed by atoms with E-state index in [2.05, 4.69) is 37.9 Å². The van der Waals surface area contributed by atoms with Gasteiger partial charge in [-0.15, -0.1) is 11.7 Å². The monoisotopic (exact) mass is 487 g/mol. The van der Waals surface area contributed by atoms with Gasteiger partial charge in [0.05, 0.1) is 11.4 Å². The molecule has 2 aliphatic rings. The number of benzene rings is 1. The van der Waals surface area contributed by atoms with Crippen molar-refractivity contribution in [1.29, 1.82) is 0 Å². The van der Waals surface area contributed by atoms with Gasteiger partial charge in [-0.1, -0.05) is 33.8 Å². The van der Waals surface area contributed by atoms with Crippen molar-refractivity contribution in [1.82, 2.24) is 10.3 Å². The van der Waals surface area contributed by atoms with Crippen LogP contribution in [0.1, 0.15) is 5.76 Å². The second-order valence-electron chi connectivity index (χ2n) is 6.15. The molecular weight excluding hydrogens is 474 g/mol. The van der Waals surface area contributed by atoms with E-state index in [0.717, 1.165) is 4.47 Å². The summed E-state index contributed by atoms with van der Waals surface area (Å²) in [6.45, 7) is 3.68. The second-order valence-corrected chi connectivity index (χ2v) is 8.07. The molecule has 0 bridgehead atoms. The fourth-order valence-corrected chi connectivity index (χ4v) is 3.86. The summed E-state index contributed by atoms with van der Waals surface area (Å²) >= 11 is 4.77. The van der Waals surface area contributed by atoms with Crippen LogP contribution in [0.4, 0.5) is 5.88 Å². The van der Waals surface area contributed by atoms with Crippen LogP contribution in [0.15, 0.2) is 68.0 Å². The van der Waals surface area contributed by atoms with Crippen molar-refractivity contribution in [3.05, 3.63) is 80.0 Å². The number of carbonyl (C=O) groups is 1. The highest BCUT2D eigenvalue weighted by molar-refractivity contribution is 9.10. The lowest BCUT2D eigenvalue weighted by Crippen LogP contribution is -2.52. The van der Waals surface area contributed by atoms with Crippen molar-refractivity contribution in [3.8, 4) is 0 Å². The minimum absolute atomic E-state index is 0.294. The number of hydrogen-bond donors (Lipinski definition) is 1. The Labute approximate surface area is 182 Å². The van der Waals surface area contributed by atoms with Crippen molar-refractivity contribution >= 4 is 56.4 Å². The van der Waals surface area contributed by atoms with Gasteiger partial charge in [-0.25, -0.2) is 5.01 Å². The number of thioether (sulfide) groups is 1.